The van der Waals surface area contributed by atoms with Gasteiger partial charge in [0.1, 0.15) is 11.0 Å². The third-order valence-corrected chi connectivity index (χ3v) is 4.49. The molecule has 1 unspecified atom stereocenters. The molecular formula is C14H18O3S. The van der Waals surface area contributed by atoms with Crippen LogP contribution in [0.1, 0.15) is 24.5 Å². The molecule has 0 fully saturated rings. The van der Waals surface area contributed by atoms with Crippen LogP contribution in [0.4, 0.5) is 0 Å². The number of aryl methyl sites for hydroxylation is 1. The maximum Gasteiger partial charge on any atom is 0.316 e. The Morgan fingerprint density at radius 1 is 1.56 bits per heavy atom. The van der Waals surface area contributed by atoms with E-state index in [0.29, 0.717) is 6.42 Å². The topological polar surface area (TPSA) is 46.5 Å². The number of carbonyl (C=O) groups is 1. The van der Waals surface area contributed by atoms with Crippen molar-refractivity contribution in [2.24, 2.45) is 0 Å². The number of rotatable bonds is 6. The molecule has 1 aromatic carbocycles. The van der Waals surface area contributed by atoms with Crippen LogP contribution in [0, 0.1) is 0 Å². The molecule has 1 aliphatic heterocycles. The van der Waals surface area contributed by atoms with Gasteiger partial charge in [-0.25, -0.2) is 0 Å². The molecule has 0 saturated heterocycles. The predicted molar refractivity (Wildman–Crippen MR) is 73.5 cm³/mol. The van der Waals surface area contributed by atoms with E-state index in [1.165, 1.54) is 22.9 Å². The Labute approximate surface area is 112 Å². The molecule has 18 heavy (non-hydrogen) atoms. The number of hydrogen-bond donors (Lipinski definition) is 1. The summed E-state index contributed by atoms with van der Waals surface area (Å²) in [5.41, 5.74) is 2.55. The zero-order valence-electron chi connectivity index (χ0n) is 10.5. The van der Waals surface area contributed by atoms with E-state index < -0.39 is 5.97 Å². The van der Waals surface area contributed by atoms with Gasteiger partial charge < -0.3 is 9.84 Å². The van der Waals surface area contributed by atoms with E-state index in [1.807, 2.05) is 13.0 Å². The third-order valence-electron chi connectivity index (χ3n) is 3.11. The molecule has 0 amide bonds. The SMILES string of the molecule is CCC(SCCc1ccc2c(c1)CCO2)C(=O)O. The van der Waals surface area contributed by atoms with Crippen molar-refractivity contribution in [2.75, 3.05) is 12.4 Å². The number of fused-ring (bicyclic) bond motifs is 1. The minimum absolute atomic E-state index is 0.275. The maximum absolute atomic E-state index is 10.9. The molecule has 1 heterocycles. The van der Waals surface area contributed by atoms with E-state index in [2.05, 4.69) is 12.1 Å². The Hall–Kier alpha value is -1.16. The molecule has 98 valence electrons. The Kier molecular flexibility index (Phi) is 4.53. The van der Waals surface area contributed by atoms with Gasteiger partial charge in [0.25, 0.3) is 0 Å². The first-order valence-electron chi connectivity index (χ1n) is 6.29. The molecule has 1 aliphatic rings. The van der Waals surface area contributed by atoms with E-state index >= 15 is 0 Å². The van der Waals surface area contributed by atoms with Crippen molar-refractivity contribution in [2.45, 2.75) is 31.4 Å². The van der Waals surface area contributed by atoms with E-state index in [0.717, 1.165) is 31.0 Å². The second-order valence-corrected chi connectivity index (χ2v) is 5.71. The van der Waals surface area contributed by atoms with Crippen molar-refractivity contribution in [1.29, 1.82) is 0 Å². The number of hydrogen-bond acceptors (Lipinski definition) is 3. The minimum Gasteiger partial charge on any atom is -0.493 e. The average Bonchev–Trinajstić information content (AvgIpc) is 2.81. The van der Waals surface area contributed by atoms with E-state index in [-0.39, 0.29) is 5.25 Å². The first-order chi connectivity index (χ1) is 8.70. The lowest BCUT2D eigenvalue weighted by Gasteiger charge is -2.09. The van der Waals surface area contributed by atoms with Crippen molar-refractivity contribution in [3.8, 4) is 5.75 Å². The van der Waals surface area contributed by atoms with Crippen LogP contribution >= 0.6 is 11.8 Å². The second kappa shape index (κ2) is 6.14. The average molecular weight is 266 g/mol. The number of benzene rings is 1. The Morgan fingerprint density at radius 3 is 3.11 bits per heavy atom. The van der Waals surface area contributed by atoms with Gasteiger partial charge in [-0.3, -0.25) is 4.79 Å². The predicted octanol–water partition coefficient (Wildman–Crippen LogP) is 2.76. The molecule has 0 aliphatic carbocycles. The first kappa shape index (κ1) is 13.3. The highest BCUT2D eigenvalue weighted by Crippen LogP contribution is 2.26. The molecule has 0 bridgehead atoms. The Morgan fingerprint density at radius 2 is 2.39 bits per heavy atom. The molecule has 4 heteroatoms. The monoisotopic (exact) mass is 266 g/mol. The van der Waals surface area contributed by atoms with Crippen molar-refractivity contribution in [1.82, 2.24) is 0 Å². The van der Waals surface area contributed by atoms with Crippen molar-refractivity contribution in [3.05, 3.63) is 29.3 Å². The normalized spacial score (nSPS) is 14.9. The molecule has 0 radical (unpaired) electrons. The molecule has 1 atom stereocenters. The fraction of sp³-hybridized carbons (Fsp3) is 0.500. The molecular weight excluding hydrogens is 248 g/mol. The highest BCUT2D eigenvalue weighted by Gasteiger charge is 2.15. The molecule has 0 aromatic heterocycles. The number of thioether (sulfide) groups is 1. The van der Waals surface area contributed by atoms with Gasteiger partial charge in [0.05, 0.1) is 6.61 Å². The number of carboxylic acid groups (broad SMARTS) is 1. The zero-order valence-corrected chi connectivity index (χ0v) is 11.3. The van der Waals surface area contributed by atoms with Crippen molar-refractivity contribution in [3.63, 3.8) is 0 Å². The summed E-state index contributed by atoms with van der Waals surface area (Å²) in [5.74, 6) is 1.15. The van der Waals surface area contributed by atoms with Crippen LogP contribution in [-0.4, -0.2) is 28.7 Å². The second-order valence-electron chi connectivity index (χ2n) is 4.40. The van der Waals surface area contributed by atoms with Crippen molar-refractivity contribution < 1.29 is 14.6 Å². The van der Waals surface area contributed by atoms with Gasteiger partial charge in [0, 0.05) is 6.42 Å². The van der Waals surface area contributed by atoms with Gasteiger partial charge in [-0.05, 0) is 35.8 Å². The van der Waals surface area contributed by atoms with Crippen LogP contribution in [0.2, 0.25) is 0 Å². The summed E-state index contributed by atoms with van der Waals surface area (Å²) in [6.45, 7) is 2.70. The third kappa shape index (κ3) is 3.19. The summed E-state index contributed by atoms with van der Waals surface area (Å²) in [7, 11) is 0. The molecule has 3 nitrogen and oxygen atoms in total. The van der Waals surface area contributed by atoms with Crippen LogP contribution in [0.5, 0.6) is 5.75 Å². The van der Waals surface area contributed by atoms with E-state index in [1.54, 1.807) is 0 Å². The van der Waals surface area contributed by atoms with Gasteiger partial charge in [-0.1, -0.05) is 19.1 Å². The molecule has 1 N–H and O–H groups in total. The summed E-state index contributed by atoms with van der Waals surface area (Å²) in [4.78, 5) is 10.9. The van der Waals surface area contributed by atoms with E-state index in [4.69, 9.17) is 9.84 Å². The van der Waals surface area contributed by atoms with Gasteiger partial charge >= 0.3 is 5.97 Å². The summed E-state index contributed by atoms with van der Waals surface area (Å²) >= 11 is 1.53. The van der Waals surface area contributed by atoms with Gasteiger partial charge in [0.15, 0.2) is 0 Å². The van der Waals surface area contributed by atoms with Crippen LogP contribution < -0.4 is 4.74 Å². The van der Waals surface area contributed by atoms with Crippen molar-refractivity contribution >= 4 is 17.7 Å². The van der Waals surface area contributed by atoms with Gasteiger partial charge in [0.2, 0.25) is 0 Å². The smallest absolute Gasteiger partial charge is 0.316 e. The molecule has 0 spiro atoms. The number of ether oxygens (including phenoxy) is 1. The fourth-order valence-electron chi connectivity index (χ4n) is 2.08. The lowest BCUT2D eigenvalue weighted by molar-refractivity contribution is -0.136. The molecule has 2 rings (SSSR count). The molecule has 0 saturated carbocycles. The summed E-state index contributed by atoms with van der Waals surface area (Å²) in [6.07, 6.45) is 2.59. The first-order valence-corrected chi connectivity index (χ1v) is 7.34. The van der Waals surface area contributed by atoms with Crippen LogP contribution in [0.15, 0.2) is 18.2 Å². The Balaban J connectivity index is 1.85. The minimum atomic E-state index is -0.704. The highest BCUT2D eigenvalue weighted by atomic mass is 32.2. The van der Waals surface area contributed by atoms with Gasteiger partial charge in [-0.2, -0.15) is 0 Å². The number of aliphatic carboxylic acids is 1. The highest BCUT2D eigenvalue weighted by molar-refractivity contribution is 8.00. The lowest BCUT2D eigenvalue weighted by atomic mass is 10.1. The fourth-order valence-corrected chi connectivity index (χ4v) is 3.09. The quantitative estimate of drug-likeness (QED) is 0.860. The Bertz CT molecular complexity index is 431. The zero-order chi connectivity index (χ0) is 13.0. The summed E-state index contributed by atoms with van der Waals surface area (Å²) in [5, 5.41) is 8.68. The van der Waals surface area contributed by atoms with Crippen LogP contribution in [0.3, 0.4) is 0 Å². The number of carboxylic acids is 1. The summed E-state index contributed by atoms with van der Waals surface area (Å²) in [6, 6.07) is 6.29. The maximum atomic E-state index is 10.9. The standard InChI is InChI=1S/C14H18O3S/c1-2-13(14(15)16)18-8-6-10-3-4-12-11(9-10)5-7-17-12/h3-4,9,13H,2,5-8H2,1H3,(H,15,16). The van der Waals surface area contributed by atoms with E-state index in [9.17, 15) is 4.79 Å². The largest absolute Gasteiger partial charge is 0.493 e. The van der Waals surface area contributed by atoms with Crippen LogP contribution in [-0.2, 0) is 17.6 Å². The van der Waals surface area contributed by atoms with Crippen LogP contribution in [0.25, 0.3) is 0 Å². The lowest BCUT2D eigenvalue weighted by Crippen LogP contribution is -2.15. The molecule has 1 aromatic rings. The van der Waals surface area contributed by atoms with Gasteiger partial charge in [-0.15, -0.1) is 11.8 Å². The summed E-state index contributed by atoms with van der Waals surface area (Å²) < 4.78 is 5.46.